The molecule has 136 valence electrons. The van der Waals surface area contributed by atoms with Gasteiger partial charge in [-0.3, -0.25) is 0 Å². The number of carbonyl (C=O) groups excluding carboxylic acids is 1. The molecule has 0 aliphatic heterocycles. The molecule has 3 heteroatoms. The summed E-state index contributed by atoms with van der Waals surface area (Å²) in [6.07, 6.45) is 18.4. The minimum Gasteiger partial charge on any atom is -0.478 e. The molecule has 23 heavy (non-hydrogen) atoms. The van der Waals surface area contributed by atoms with Crippen molar-refractivity contribution in [2.45, 2.75) is 104 Å². The SMILES string of the molecule is CCCCCCC/C=C\C(=O)O.CCCCCCCCC(C)=O. The van der Waals surface area contributed by atoms with E-state index in [1.807, 2.05) is 0 Å². The molecule has 0 radical (unpaired) electrons. The second-order valence-electron chi connectivity index (χ2n) is 6.16. The third-order valence-electron chi connectivity index (χ3n) is 3.62. The predicted octanol–water partition coefficient (Wildman–Crippen LogP) is 6.31. The molecule has 0 unspecified atom stereocenters. The third kappa shape index (κ3) is 29.5. The molecule has 0 saturated carbocycles. The number of hydrogen-bond acceptors (Lipinski definition) is 2. The Kier molecular flexibility index (Phi) is 21.9. The predicted molar refractivity (Wildman–Crippen MR) is 98.8 cm³/mol. The van der Waals surface area contributed by atoms with Gasteiger partial charge in [0.25, 0.3) is 0 Å². The molecule has 0 amide bonds. The van der Waals surface area contributed by atoms with Gasteiger partial charge in [-0.25, -0.2) is 4.79 Å². The summed E-state index contributed by atoms with van der Waals surface area (Å²) < 4.78 is 0. The molecule has 0 aromatic carbocycles. The van der Waals surface area contributed by atoms with E-state index < -0.39 is 5.97 Å². The van der Waals surface area contributed by atoms with E-state index in [0.29, 0.717) is 5.78 Å². The van der Waals surface area contributed by atoms with Gasteiger partial charge in [0.2, 0.25) is 0 Å². The molecular weight excluding hydrogens is 288 g/mol. The average molecular weight is 327 g/mol. The van der Waals surface area contributed by atoms with Crippen molar-refractivity contribution in [3.05, 3.63) is 12.2 Å². The van der Waals surface area contributed by atoms with Crippen LogP contribution in [0.5, 0.6) is 0 Å². The lowest BCUT2D eigenvalue weighted by Gasteiger charge is -1.97. The van der Waals surface area contributed by atoms with Gasteiger partial charge in [0.15, 0.2) is 0 Å². The molecule has 0 spiro atoms. The van der Waals surface area contributed by atoms with Crippen LogP contribution >= 0.6 is 0 Å². The quantitative estimate of drug-likeness (QED) is 0.300. The number of unbranched alkanes of at least 4 members (excludes halogenated alkanes) is 10. The zero-order chi connectivity index (χ0) is 17.8. The van der Waals surface area contributed by atoms with Crippen LogP contribution in [0.3, 0.4) is 0 Å². The Morgan fingerprint density at radius 1 is 0.783 bits per heavy atom. The number of ketones is 1. The highest BCUT2D eigenvalue weighted by Crippen LogP contribution is 2.06. The van der Waals surface area contributed by atoms with E-state index in [0.717, 1.165) is 25.7 Å². The molecule has 3 nitrogen and oxygen atoms in total. The minimum atomic E-state index is -0.844. The monoisotopic (exact) mass is 326 g/mol. The first-order chi connectivity index (χ1) is 11.0. The van der Waals surface area contributed by atoms with Crippen LogP contribution in [0.15, 0.2) is 12.2 Å². The Morgan fingerprint density at radius 2 is 1.26 bits per heavy atom. The minimum absolute atomic E-state index is 0.334. The number of carboxylic acid groups (broad SMARTS) is 1. The van der Waals surface area contributed by atoms with Crippen molar-refractivity contribution in [3.8, 4) is 0 Å². The Labute approximate surface area is 143 Å². The maximum absolute atomic E-state index is 10.5. The average Bonchev–Trinajstić information content (AvgIpc) is 2.50. The van der Waals surface area contributed by atoms with Gasteiger partial charge in [-0.15, -0.1) is 0 Å². The highest BCUT2D eigenvalue weighted by molar-refractivity contribution is 5.79. The van der Waals surface area contributed by atoms with Gasteiger partial charge in [-0.2, -0.15) is 0 Å². The summed E-state index contributed by atoms with van der Waals surface area (Å²) in [5, 5.41) is 8.27. The number of Topliss-reactive ketones (excluding diaryl/α,β-unsaturated/α-hetero) is 1. The second-order valence-corrected chi connectivity index (χ2v) is 6.16. The summed E-state index contributed by atoms with van der Waals surface area (Å²) in [5.41, 5.74) is 0. The number of hydrogen-bond donors (Lipinski definition) is 1. The molecule has 0 bridgehead atoms. The summed E-state index contributed by atoms with van der Waals surface area (Å²) >= 11 is 0. The highest BCUT2D eigenvalue weighted by atomic mass is 16.4. The smallest absolute Gasteiger partial charge is 0.327 e. The molecule has 0 heterocycles. The van der Waals surface area contributed by atoms with Crippen molar-refractivity contribution >= 4 is 11.8 Å². The zero-order valence-corrected chi connectivity index (χ0v) is 15.6. The van der Waals surface area contributed by atoms with E-state index in [-0.39, 0.29) is 0 Å². The van der Waals surface area contributed by atoms with Gasteiger partial charge < -0.3 is 9.90 Å². The Balaban J connectivity index is 0. The fourth-order valence-electron chi connectivity index (χ4n) is 2.20. The molecule has 1 N–H and O–H groups in total. The molecule has 0 fully saturated rings. The Bertz CT molecular complexity index is 295. The van der Waals surface area contributed by atoms with Crippen molar-refractivity contribution in [3.63, 3.8) is 0 Å². The Hall–Kier alpha value is -1.12. The van der Waals surface area contributed by atoms with Crippen LogP contribution < -0.4 is 0 Å². The summed E-state index contributed by atoms with van der Waals surface area (Å²) in [4.78, 5) is 20.6. The molecule has 0 saturated heterocycles. The number of aliphatic carboxylic acids is 1. The van der Waals surface area contributed by atoms with E-state index in [1.165, 1.54) is 63.9 Å². The normalized spacial score (nSPS) is 10.4. The standard InChI is InChI=1S/C10H18O2.C10H20O/c1-2-3-4-5-6-7-8-9-10(11)12;1-3-4-5-6-7-8-9-10(2)11/h8-9H,2-7H2,1H3,(H,11,12);3-9H2,1-2H3/b9-8-;. The van der Waals surface area contributed by atoms with Crippen molar-refractivity contribution in [1.82, 2.24) is 0 Å². The maximum atomic E-state index is 10.5. The fraction of sp³-hybridized carbons (Fsp3) is 0.800. The van der Waals surface area contributed by atoms with Crippen LogP contribution in [0.4, 0.5) is 0 Å². The molecule has 0 aliphatic carbocycles. The maximum Gasteiger partial charge on any atom is 0.327 e. The third-order valence-corrected chi connectivity index (χ3v) is 3.62. The number of carbonyl (C=O) groups is 2. The van der Waals surface area contributed by atoms with E-state index in [9.17, 15) is 9.59 Å². The van der Waals surface area contributed by atoms with Gasteiger partial charge in [-0.05, 0) is 26.2 Å². The largest absolute Gasteiger partial charge is 0.478 e. The number of allylic oxidation sites excluding steroid dienone is 1. The molecule has 0 aliphatic rings. The van der Waals surface area contributed by atoms with Gasteiger partial charge in [0.05, 0.1) is 0 Å². The summed E-state index contributed by atoms with van der Waals surface area (Å²) in [6, 6.07) is 0. The van der Waals surface area contributed by atoms with Crippen molar-refractivity contribution in [2.75, 3.05) is 0 Å². The van der Waals surface area contributed by atoms with E-state index in [4.69, 9.17) is 5.11 Å². The van der Waals surface area contributed by atoms with Crippen molar-refractivity contribution in [2.24, 2.45) is 0 Å². The number of rotatable bonds is 14. The number of carboxylic acids is 1. The zero-order valence-electron chi connectivity index (χ0n) is 15.6. The van der Waals surface area contributed by atoms with Crippen LogP contribution in [0.1, 0.15) is 104 Å². The van der Waals surface area contributed by atoms with E-state index in [1.54, 1.807) is 13.0 Å². The van der Waals surface area contributed by atoms with Crippen molar-refractivity contribution in [1.29, 1.82) is 0 Å². The molecule has 0 aromatic heterocycles. The van der Waals surface area contributed by atoms with Crippen LogP contribution in [0.25, 0.3) is 0 Å². The van der Waals surface area contributed by atoms with Gasteiger partial charge >= 0.3 is 5.97 Å². The molecular formula is C20H38O3. The first kappa shape index (κ1) is 24.1. The molecule has 0 aromatic rings. The first-order valence-corrected chi connectivity index (χ1v) is 9.43. The lowest BCUT2D eigenvalue weighted by molar-refractivity contribution is -0.131. The lowest BCUT2D eigenvalue weighted by Crippen LogP contribution is -1.88. The fourth-order valence-corrected chi connectivity index (χ4v) is 2.20. The van der Waals surface area contributed by atoms with Crippen molar-refractivity contribution < 1.29 is 14.7 Å². The highest BCUT2D eigenvalue weighted by Gasteiger charge is 1.93. The van der Waals surface area contributed by atoms with Gasteiger partial charge in [0.1, 0.15) is 5.78 Å². The molecule has 0 atom stereocenters. The van der Waals surface area contributed by atoms with Crippen LogP contribution in [0, 0.1) is 0 Å². The Morgan fingerprint density at radius 3 is 1.74 bits per heavy atom. The second kappa shape index (κ2) is 20.9. The lowest BCUT2D eigenvalue weighted by atomic mass is 10.1. The summed E-state index contributed by atoms with van der Waals surface area (Å²) in [6.45, 7) is 6.08. The van der Waals surface area contributed by atoms with Gasteiger partial charge in [-0.1, -0.05) is 77.7 Å². The van der Waals surface area contributed by atoms with E-state index in [2.05, 4.69) is 13.8 Å². The summed E-state index contributed by atoms with van der Waals surface area (Å²) in [7, 11) is 0. The summed E-state index contributed by atoms with van der Waals surface area (Å²) in [5.74, 6) is -0.510. The van der Waals surface area contributed by atoms with Gasteiger partial charge in [0, 0.05) is 12.5 Å². The van der Waals surface area contributed by atoms with E-state index >= 15 is 0 Å². The first-order valence-electron chi connectivity index (χ1n) is 9.43. The topological polar surface area (TPSA) is 54.4 Å². The van der Waals surface area contributed by atoms with Crippen LogP contribution in [-0.4, -0.2) is 16.9 Å². The molecule has 0 rings (SSSR count). The van der Waals surface area contributed by atoms with Crippen LogP contribution in [-0.2, 0) is 9.59 Å². The van der Waals surface area contributed by atoms with Crippen LogP contribution in [0.2, 0.25) is 0 Å².